The number of carbonyl (C=O) groups excluding carboxylic acids is 1. The molecule has 1 unspecified atom stereocenters. The summed E-state index contributed by atoms with van der Waals surface area (Å²) in [5.74, 6) is 1.31. The molecule has 0 aliphatic carbocycles. The number of rotatable bonds is 5. The zero-order valence-corrected chi connectivity index (χ0v) is 18.2. The van der Waals surface area contributed by atoms with E-state index in [1.54, 1.807) is 6.20 Å². The van der Waals surface area contributed by atoms with Crippen LogP contribution in [0.2, 0.25) is 0 Å². The molecular formula is C23H28N6O2. The predicted octanol–water partition coefficient (Wildman–Crippen LogP) is 3.58. The van der Waals surface area contributed by atoms with Crippen LogP contribution in [0.1, 0.15) is 41.5 Å². The minimum absolute atomic E-state index is 0.00678. The lowest BCUT2D eigenvalue weighted by atomic mass is 10.1. The summed E-state index contributed by atoms with van der Waals surface area (Å²) in [6.45, 7) is 8.71. The molecule has 1 aliphatic rings. The second kappa shape index (κ2) is 9.26. The van der Waals surface area contributed by atoms with Crippen LogP contribution in [-0.4, -0.2) is 57.1 Å². The van der Waals surface area contributed by atoms with E-state index in [1.807, 2.05) is 43.0 Å². The smallest absolute Gasteiger partial charge is 0.321 e. The Balaban J connectivity index is 1.31. The largest absolute Gasteiger partial charge is 0.338 e. The zero-order valence-electron chi connectivity index (χ0n) is 18.2. The molecule has 3 heterocycles. The second-order valence-electron chi connectivity index (χ2n) is 7.98. The van der Waals surface area contributed by atoms with Gasteiger partial charge in [-0.25, -0.2) is 4.79 Å². The average Bonchev–Trinajstić information content (AvgIpc) is 3.25. The van der Waals surface area contributed by atoms with Crippen molar-refractivity contribution in [3.63, 3.8) is 0 Å². The van der Waals surface area contributed by atoms with Crippen LogP contribution in [-0.2, 0) is 6.42 Å². The number of carbonyl (C=O) groups is 1. The first kappa shape index (κ1) is 21.0. The quantitative estimate of drug-likeness (QED) is 0.679. The summed E-state index contributed by atoms with van der Waals surface area (Å²) < 4.78 is 5.53. The number of pyridine rings is 1. The van der Waals surface area contributed by atoms with Crippen molar-refractivity contribution in [2.24, 2.45) is 0 Å². The van der Waals surface area contributed by atoms with Gasteiger partial charge in [0, 0.05) is 50.2 Å². The fourth-order valence-corrected chi connectivity index (χ4v) is 3.71. The number of urea groups is 1. The zero-order chi connectivity index (χ0) is 21.8. The Morgan fingerprint density at radius 2 is 1.90 bits per heavy atom. The molecule has 4 rings (SSSR count). The molecule has 0 spiro atoms. The summed E-state index contributed by atoms with van der Waals surface area (Å²) in [4.78, 5) is 25.6. The van der Waals surface area contributed by atoms with Crippen molar-refractivity contribution < 1.29 is 9.32 Å². The van der Waals surface area contributed by atoms with Crippen LogP contribution < -0.4 is 5.32 Å². The summed E-state index contributed by atoms with van der Waals surface area (Å²) >= 11 is 0. The number of nitrogens with zero attached hydrogens (tertiary/aromatic N) is 5. The van der Waals surface area contributed by atoms with E-state index < -0.39 is 0 Å². The normalized spacial score (nSPS) is 15.6. The lowest BCUT2D eigenvalue weighted by Crippen LogP contribution is -2.50. The standard InChI is InChI=1S/C23H28N6O2/c1-16-15-24-17(2)13-20(16)25-23(30)29-11-9-28(10-12-29)18(3)22-26-21(27-31-22)14-19-7-5-4-6-8-19/h4-8,13,15,18H,9-12,14H2,1-3H3,(H,24,25,30). The van der Waals surface area contributed by atoms with Gasteiger partial charge in [0.05, 0.1) is 6.04 Å². The van der Waals surface area contributed by atoms with Crippen molar-refractivity contribution in [1.29, 1.82) is 0 Å². The maximum Gasteiger partial charge on any atom is 0.321 e. The Morgan fingerprint density at radius 1 is 1.16 bits per heavy atom. The van der Waals surface area contributed by atoms with Crippen molar-refractivity contribution in [2.45, 2.75) is 33.2 Å². The summed E-state index contributed by atoms with van der Waals surface area (Å²) in [5.41, 5.74) is 3.80. The van der Waals surface area contributed by atoms with Crippen LogP contribution in [0.3, 0.4) is 0 Å². The highest BCUT2D eigenvalue weighted by Gasteiger charge is 2.28. The number of benzene rings is 1. The van der Waals surface area contributed by atoms with E-state index in [9.17, 15) is 4.79 Å². The van der Waals surface area contributed by atoms with Crippen LogP contribution in [0, 0.1) is 13.8 Å². The highest BCUT2D eigenvalue weighted by atomic mass is 16.5. The average molecular weight is 421 g/mol. The van der Waals surface area contributed by atoms with Crippen LogP contribution >= 0.6 is 0 Å². The number of aryl methyl sites for hydroxylation is 2. The summed E-state index contributed by atoms with van der Waals surface area (Å²) in [6.07, 6.45) is 2.43. The van der Waals surface area contributed by atoms with Crippen molar-refractivity contribution in [3.8, 4) is 0 Å². The molecule has 1 N–H and O–H groups in total. The van der Waals surface area contributed by atoms with E-state index in [0.717, 1.165) is 35.6 Å². The summed E-state index contributed by atoms with van der Waals surface area (Å²) in [6, 6.07) is 11.9. The molecular weight excluding hydrogens is 392 g/mol. The second-order valence-corrected chi connectivity index (χ2v) is 7.98. The first-order valence-corrected chi connectivity index (χ1v) is 10.6. The SMILES string of the molecule is Cc1cc(NC(=O)N2CCN(C(C)c3nc(Cc4ccccc4)no3)CC2)c(C)cn1. The van der Waals surface area contributed by atoms with Gasteiger partial charge in [-0.3, -0.25) is 9.88 Å². The minimum atomic E-state index is -0.0797. The van der Waals surface area contributed by atoms with Gasteiger partial charge in [0.2, 0.25) is 5.89 Å². The number of hydrogen-bond acceptors (Lipinski definition) is 6. The number of hydrogen-bond donors (Lipinski definition) is 1. The molecule has 0 bridgehead atoms. The molecule has 3 aromatic rings. The molecule has 0 radical (unpaired) electrons. The Kier molecular flexibility index (Phi) is 6.27. The van der Waals surface area contributed by atoms with E-state index in [4.69, 9.17) is 4.52 Å². The van der Waals surface area contributed by atoms with Crippen molar-refractivity contribution in [2.75, 3.05) is 31.5 Å². The van der Waals surface area contributed by atoms with Gasteiger partial charge in [0.25, 0.3) is 0 Å². The molecule has 8 heteroatoms. The molecule has 1 aliphatic heterocycles. The summed E-state index contributed by atoms with van der Waals surface area (Å²) in [5, 5.41) is 7.15. The number of aromatic nitrogens is 3. The first-order chi connectivity index (χ1) is 15.0. The van der Waals surface area contributed by atoms with Gasteiger partial charge in [0.15, 0.2) is 5.82 Å². The van der Waals surface area contributed by atoms with Crippen LogP contribution in [0.15, 0.2) is 47.1 Å². The summed E-state index contributed by atoms with van der Waals surface area (Å²) in [7, 11) is 0. The van der Waals surface area contributed by atoms with Gasteiger partial charge < -0.3 is 14.7 Å². The van der Waals surface area contributed by atoms with Crippen molar-refractivity contribution in [1.82, 2.24) is 24.9 Å². The van der Waals surface area contributed by atoms with E-state index in [1.165, 1.54) is 0 Å². The molecule has 1 saturated heterocycles. The molecule has 1 fully saturated rings. The third-order valence-electron chi connectivity index (χ3n) is 5.68. The van der Waals surface area contributed by atoms with Gasteiger partial charge in [0.1, 0.15) is 0 Å². The predicted molar refractivity (Wildman–Crippen MR) is 118 cm³/mol. The molecule has 8 nitrogen and oxygen atoms in total. The van der Waals surface area contributed by atoms with E-state index in [2.05, 4.69) is 44.4 Å². The maximum atomic E-state index is 12.7. The Morgan fingerprint density at radius 3 is 2.65 bits per heavy atom. The molecule has 2 amide bonds. The Hall–Kier alpha value is -3.26. The lowest BCUT2D eigenvalue weighted by Gasteiger charge is -2.36. The molecule has 2 aromatic heterocycles. The fraction of sp³-hybridized carbons (Fsp3) is 0.391. The third-order valence-corrected chi connectivity index (χ3v) is 5.68. The number of anilines is 1. The van der Waals surface area contributed by atoms with E-state index >= 15 is 0 Å². The monoisotopic (exact) mass is 420 g/mol. The molecule has 0 saturated carbocycles. The van der Waals surface area contributed by atoms with E-state index in [0.29, 0.717) is 31.2 Å². The van der Waals surface area contributed by atoms with Crippen molar-refractivity contribution in [3.05, 3.63) is 71.1 Å². The maximum absolute atomic E-state index is 12.7. The van der Waals surface area contributed by atoms with Crippen molar-refractivity contribution >= 4 is 11.7 Å². The van der Waals surface area contributed by atoms with E-state index in [-0.39, 0.29) is 12.1 Å². The number of amides is 2. The molecule has 1 atom stereocenters. The Bertz CT molecular complexity index is 1030. The van der Waals surface area contributed by atoms with Gasteiger partial charge in [-0.05, 0) is 38.0 Å². The molecule has 31 heavy (non-hydrogen) atoms. The number of piperazine rings is 1. The van der Waals surface area contributed by atoms with Gasteiger partial charge >= 0.3 is 6.03 Å². The lowest BCUT2D eigenvalue weighted by molar-refractivity contribution is 0.104. The minimum Gasteiger partial charge on any atom is -0.338 e. The first-order valence-electron chi connectivity index (χ1n) is 10.6. The highest BCUT2D eigenvalue weighted by molar-refractivity contribution is 5.90. The third kappa shape index (κ3) is 5.08. The van der Waals surface area contributed by atoms with Crippen LogP contribution in [0.25, 0.3) is 0 Å². The molecule has 162 valence electrons. The topological polar surface area (TPSA) is 87.4 Å². The van der Waals surface area contributed by atoms with Crippen LogP contribution in [0.5, 0.6) is 0 Å². The molecule has 1 aromatic carbocycles. The van der Waals surface area contributed by atoms with Crippen LogP contribution in [0.4, 0.5) is 10.5 Å². The van der Waals surface area contributed by atoms with Gasteiger partial charge in [-0.2, -0.15) is 4.98 Å². The fourth-order valence-electron chi connectivity index (χ4n) is 3.71. The number of nitrogens with one attached hydrogen (secondary N) is 1. The van der Waals surface area contributed by atoms with Gasteiger partial charge in [-0.15, -0.1) is 0 Å². The highest BCUT2D eigenvalue weighted by Crippen LogP contribution is 2.22. The van der Waals surface area contributed by atoms with Gasteiger partial charge in [-0.1, -0.05) is 35.5 Å². The Labute approximate surface area is 182 Å².